The fourth-order valence-corrected chi connectivity index (χ4v) is 4.20. The molecule has 0 saturated carbocycles. The monoisotopic (exact) mass is 409 g/mol. The molecule has 1 aliphatic rings. The number of benzene rings is 1. The SMILES string of the molecule is Cc1cc(O)c(C2=NCCSC(c3cc(Br)ccc3O)C2)c(=O)o1. The van der Waals surface area contributed by atoms with Gasteiger partial charge < -0.3 is 14.6 Å². The average molecular weight is 410 g/mol. The van der Waals surface area contributed by atoms with E-state index in [-0.39, 0.29) is 22.3 Å². The van der Waals surface area contributed by atoms with Gasteiger partial charge in [0.2, 0.25) is 0 Å². The summed E-state index contributed by atoms with van der Waals surface area (Å²) in [5.41, 5.74) is 0.813. The number of aliphatic imine (C=N–C) groups is 1. The van der Waals surface area contributed by atoms with Crippen molar-refractivity contribution >= 4 is 33.4 Å². The van der Waals surface area contributed by atoms with Crippen LogP contribution >= 0.6 is 27.7 Å². The van der Waals surface area contributed by atoms with E-state index in [1.54, 1.807) is 30.8 Å². The Balaban J connectivity index is 2.01. The first-order valence-electron chi connectivity index (χ1n) is 7.43. The molecule has 1 aromatic carbocycles. The van der Waals surface area contributed by atoms with Crippen molar-refractivity contribution in [3.63, 3.8) is 0 Å². The first-order valence-corrected chi connectivity index (χ1v) is 9.27. The topological polar surface area (TPSA) is 83.0 Å². The molecule has 1 atom stereocenters. The number of thioether (sulfide) groups is 1. The highest BCUT2D eigenvalue weighted by Crippen LogP contribution is 2.40. The fraction of sp³-hybridized carbons (Fsp3) is 0.294. The average Bonchev–Trinajstić information content (AvgIpc) is 2.75. The predicted octanol–water partition coefficient (Wildman–Crippen LogP) is 3.79. The van der Waals surface area contributed by atoms with E-state index in [0.29, 0.717) is 24.4 Å². The summed E-state index contributed by atoms with van der Waals surface area (Å²) in [5, 5.41) is 20.3. The van der Waals surface area contributed by atoms with Crippen LogP contribution in [0.5, 0.6) is 11.5 Å². The van der Waals surface area contributed by atoms with E-state index in [1.165, 1.54) is 6.07 Å². The molecule has 0 amide bonds. The molecular formula is C17H16BrNO4S. The molecule has 2 aromatic rings. The number of aromatic hydroxyl groups is 2. The molecule has 0 spiro atoms. The van der Waals surface area contributed by atoms with Crippen molar-refractivity contribution in [3.05, 3.63) is 56.0 Å². The second-order valence-corrected chi connectivity index (χ2v) is 7.73. The zero-order chi connectivity index (χ0) is 17.3. The summed E-state index contributed by atoms with van der Waals surface area (Å²) in [4.78, 5) is 16.6. The number of halogens is 1. The van der Waals surface area contributed by atoms with Gasteiger partial charge in [0.05, 0.1) is 5.71 Å². The van der Waals surface area contributed by atoms with Crippen molar-refractivity contribution < 1.29 is 14.6 Å². The van der Waals surface area contributed by atoms with Crippen LogP contribution in [0.2, 0.25) is 0 Å². The molecule has 2 N–H and O–H groups in total. The second kappa shape index (κ2) is 7.03. The Kier molecular flexibility index (Phi) is 5.01. The number of rotatable bonds is 2. The number of hydrogen-bond acceptors (Lipinski definition) is 6. The van der Waals surface area contributed by atoms with Gasteiger partial charge in [-0.15, -0.1) is 0 Å². The van der Waals surface area contributed by atoms with Crippen LogP contribution in [-0.4, -0.2) is 28.2 Å². The van der Waals surface area contributed by atoms with Gasteiger partial charge in [-0.3, -0.25) is 4.99 Å². The van der Waals surface area contributed by atoms with Gasteiger partial charge in [0.25, 0.3) is 0 Å². The lowest BCUT2D eigenvalue weighted by Crippen LogP contribution is -2.17. The van der Waals surface area contributed by atoms with E-state index in [1.807, 2.05) is 6.07 Å². The van der Waals surface area contributed by atoms with Gasteiger partial charge in [-0.2, -0.15) is 11.8 Å². The second-order valence-electron chi connectivity index (χ2n) is 5.50. The van der Waals surface area contributed by atoms with Gasteiger partial charge in [-0.25, -0.2) is 4.79 Å². The van der Waals surface area contributed by atoms with Crippen molar-refractivity contribution in [2.45, 2.75) is 18.6 Å². The largest absolute Gasteiger partial charge is 0.508 e. The maximum absolute atomic E-state index is 12.2. The van der Waals surface area contributed by atoms with Crippen LogP contribution in [0.3, 0.4) is 0 Å². The lowest BCUT2D eigenvalue weighted by atomic mass is 10.0. The lowest BCUT2D eigenvalue weighted by Gasteiger charge is -2.17. The standard InChI is InChI=1S/C17H16BrNO4S/c1-9-6-14(21)16(17(22)23-9)12-8-15(24-5-4-19-12)11-7-10(18)2-3-13(11)20/h2-3,6-7,15,20-21H,4-5,8H2,1H3. The minimum Gasteiger partial charge on any atom is -0.508 e. The minimum atomic E-state index is -0.588. The Morgan fingerprint density at radius 1 is 1.29 bits per heavy atom. The predicted molar refractivity (Wildman–Crippen MR) is 98.4 cm³/mol. The molecule has 3 rings (SSSR count). The number of nitrogens with zero attached hydrogens (tertiary/aromatic N) is 1. The van der Waals surface area contributed by atoms with Crippen molar-refractivity contribution in [1.29, 1.82) is 0 Å². The zero-order valence-electron chi connectivity index (χ0n) is 13.0. The molecule has 0 bridgehead atoms. The third-order valence-corrected chi connectivity index (χ3v) is 5.51. The van der Waals surface area contributed by atoms with E-state index >= 15 is 0 Å². The van der Waals surface area contributed by atoms with Gasteiger partial charge in [0.1, 0.15) is 22.8 Å². The van der Waals surface area contributed by atoms with Gasteiger partial charge in [0.15, 0.2) is 0 Å². The summed E-state index contributed by atoms with van der Waals surface area (Å²) in [6.07, 6.45) is 0.427. The molecule has 0 radical (unpaired) electrons. The Morgan fingerprint density at radius 3 is 2.83 bits per heavy atom. The van der Waals surface area contributed by atoms with Crippen LogP contribution in [0.1, 0.15) is 28.6 Å². The van der Waals surface area contributed by atoms with E-state index in [4.69, 9.17) is 4.42 Å². The minimum absolute atomic E-state index is 0.0659. The molecule has 0 fully saturated rings. The smallest absolute Gasteiger partial charge is 0.348 e. The molecule has 1 aliphatic heterocycles. The quantitative estimate of drug-likeness (QED) is 0.787. The fourth-order valence-electron chi connectivity index (χ4n) is 2.70. The van der Waals surface area contributed by atoms with Gasteiger partial charge in [0, 0.05) is 40.1 Å². The molecule has 126 valence electrons. The number of aryl methyl sites for hydroxylation is 1. The molecular weight excluding hydrogens is 394 g/mol. The van der Waals surface area contributed by atoms with Crippen LogP contribution in [0, 0.1) is 6.92 Å². The summed E-state index contributed by atoms with van der Waals surface area (Å²) in [6, 6.07) is 6.70. The van der Waals surface area contributed by atoms with Crippen molar-refractivity contribution in [2.24, 2.45) is 4.99 Å². The highest BCUT2D eigenvalue weighted by atomic mass is 79.9. The first kappa shape index (κ1) is 17.1. The van der Waals surface area contributed by atoms with Crippen LogP contribution in [0.25, 0.3) is 0 Å². The molecule has 0 saturated heterocycles. The maximum Gasteiger partial charge on any atom is 0.348 e. The van der Waals surface area contributed by atoms with Crippen molar-refractivity contribution in [3.8, 4) is 11.5 Å². The normalized spacial score (nSPS) is 18.1. The Morgan fingerprint density at radius 2 is 2.08 bits per heavy atom. The summed E-state index contributed by atoms with van der Waals surface area (Å²) >= 11 is 5.08. The Hall–Kier alpha value is -1.73. The van der Waals surface area contributed by atoms with Crippen LogP contribution in [0.4, 0.5) is 0 Å². The summed E-state index contributed by atoms with van der Waals surface area (Å²) in [6.45, 7) is 2.15. The molecule has 1 aromatic heterocycles. The number of phenolic OH excluding ortho intramolecular Hbond substituents is 1. The molecule has 5 nitrogen and oxygen atoms in total. The Bertz CT molecular complexity index is 862. The van der Waals surface area contributed by atoms with E-state index in [9.17, 15) is 15.0 Å². The van der Waals surface area contributed by atoms with Gasteiger partial charge >= 0.3 is 5.63 Å². The molecule has 1 unspecified atom stereocenters. The van der Waals surface area contributed by atoms with Gasteiger partial charge in [-0.05, 0) is 25.1 Å². The van der Waals surface area contributed by atoms with Crippen LogP contribution < -0.4 is 5.63 Å². The van der Waals surface area contributed by atoms with Crippen molar-refractivity contribution in [1.82, 2.24) is 0 Å². The summed E-state index contributed by atoms with van der Waals surface area (Å²) < 4.78 is 5.98. The highest BCUT2D eigenvalue weighted by molar-refractivity contribution is 9.10. The summed E-state index contributed by atoms with van der Waals surface area (Å²) in [7, 11) is 0. The van der Waals surface area contributed by atoms with E-state index in [2.05, 4.69) is 20.9 Å². The molecule has 0 aliphatic carbocycles. The van der Waals surface area contributed by atoms with Gasteiger partial charge in [-0.1, -0.05) is 15.9 Å². The Labute approximate surface area is 151 Å². The van der Waals surface area contributed by atoms with Crippen LogP contribution in [-0.2, 0) is 0 Å². The van der Waals surface area contributed by atoms with Crippen LogP contribution in [0.15, 0.2) is 42.9 Å². The molecule has 24 heavy (non-hydrogen) atoms. The highest BCUT2D eigenvalue weighted by Gasteiger charge is 2.25. The third-order valence-electron chi connectivity index (χ3n) is 3.77. The number of hydrogen-bond donors (Lipinski definition) is 2. The molecule has 7 heteroatoms. The van der Waals surface area contributed by atoms with Crippen molar-refractivity contribution in [2.75, 3.05) is 12.3 Å². The van der Waals surface area contributed by atoms with E-state index < -0.39 is 5.63 Å². The molecule has 2 heterocycles. The first-order chi connectivity index (χ1) is 11.5. The zero-order valence-corrected chi connectivity index (χ0v) is 15.4. The number of phenols is 1. The van der Waals surface area contributed by atoms with E-state index in [0.717, 1.165) is 15.8 Å². The lowest BCUT2D eigenvalue weighted by molar-refractivity contribution is 0.432. The maximum atomic E-state index is 12.2. The summed E-state index contributed by atoms with van der Waals surface area (Å²) in [5.74, 6) is 1.20. The third kappa shape index (κ3) is 3.52.